The molecule has 0 aliphatic carbocycles. The number of aliphatic hydroxyl groups is 1. The number of hydrogen-bond donors (Lipinski definition) is 1. The van der Waals surface area contributed by atoms with Crippen molar-refractivity contribution in [3.8, 4) is 5.75 Å². The zero-order valence-electron chi connectivity index (χ0n) is 21.5. The molecule has 40 heavy (non-hydrogen) atoms. The molecule has 1 fully saturated rings. The van der Waals surface area contributed by atoms with Gasteiger partial charge in [0.25, 0.3) is 5.78 Å². The minimum atomic E-state index is -0.910. The van der Waals surface area contributed by atoms with E-state index < -0.39 is 17.7 Å². The summed E-state index contributed by atoms with van der Waals surface area (Å²) < 4.78 is 6.40. The molecule has 1 amide bonds. The first-order valence-electron chi connectivity index (χ1n) is 12.6. The van der Waals surface area contributed by atoms with Crippen LogP contribution in [0.1, 0.15) is 42.5 Å². The molecule has 2 aromatic carbocycles. The minimum absolute atomic E-state index is 0.0312. The molecule has 1 atom stereocenters. The van der Waals surface area contributed by atoms with Crippen LogP contribution in [-0.2, 0) is 15.3 Å². The van der Waals surface area contributed by atoms with Crippen molar-refractivity contribution in [2.45, 2.75) is 35.9 Å². The SMILES string of the molecule is CCCCOc1ccc(C2C(=C(O)c3ccncc3)C(=O)C(=O)N2c2nnc(SCc3ccccc3Cl)s2)cc1. The monoisotopic (exact) mass is 592 g/mol. The fourth-order valence-corrected chi connectivity index (χ4v) is 6.36. The van der Waals surface area contributed by atoms with Crippen molar-refractivity contribution in [3.63, 3.8) is 0 Å². The van der Waals surface area contributed by atoms with Gasteiger partial charge in [0.2, 0.25) is 5.13 Å². The summed E-state index contributed by atoms with van der Waals surface area (Å²) in [6, 6.07) is 17.0. The van der Waals surface area contributed by atoms with E-state index in [0.717, 1.165) is 18.4 Å². The van der Waals surface area contributed by atoms with E-state index in [-0.39, 0.29) is 16.5 Å². The number of benzene rings is 2. The quantitative estimate of drug-likeness (QED) is 0.0542. The van der Waals surface area contributed by atoms with Crippen LogP contribution in [0.4, 0.5) is 5.13 Å². The Morgan fingerprint density at radius 1 is 1.07 bits per heavy atom. The van der Waals surface area contributed by atoms with Gasteiger partial charge in [-0.25, -0.2) is 0 Å². The first kappa shape index (κ1) is 27.8. The zero-order valence-corrected chi connectivity index (χ0v) is 23.9. The summed E-state index contributed by atoms with van der Waals surface area (Å²) in [6.45, 7) is 2.68. The van der Waals surface area contributed by atoms with Gasteiger partial charge in [0.05, 0.1) is 18.2 Å². The van der Waals surface area contributed by atoms with E-state index in [2.05, 4.69) is 22.1 Å². The molecule has 5 rings (SSSR count). The molecule has 1 aliphatic heterocycles. The number of amides is 1. The largest absolute Gasteiger partial charge is 0.507 e. The van der Waals surface area contributed by atoms with E-state index in [1.165, 1.54) is 40.4 Å². The van der Waals surface area contributed by atoms with Gasteiger partial charge < -0.3 is 9.84 Å². The van der Waals surface area contributed by atoms with Crippen LogP contribution in [-0.4, -0.2) is 38.6 Å². The number of hydrogen-bond acceptors (Lipinski definition) is 9. The lowest BCUT2D eigenvalue weighted by Gasteiger charge is -2.22. The van der Waals surface area contributed by atoms with Crippen LogP contribution >= 0.6 is 34.7 Å². The fourth-order valence-electron chi connectivity index (χ4n) is 4.20. The number of Topliss-reactive ketones (excluding diaryl/α,β-unsaturated/α-hetero) is 1. The van der Waals surface area contributed by atoms with Crippen LogP contribution in [0.3, 0.4) is 0 Å². The highest BCUT2D eigenvalue weighted by atomic mass is 35.5. The molecule has 4 aromatic rings. The molecule has 1 N–H and O–H groups in total. The highest BCUT2D eigenvalue weighted by Gasteiger charge is 2.48. The maximum Gasteiger partial charge on any atom is 0.301 e. The van der Waals surface area contributed by atoms with Crippen molar-refractivity contribution in [1.82, 2.24) is 15.2 Å². The molecule has 0 bridgehead atoms. The number of carbonyl (C=O) groups is 2. The Morgan fingerprint density at radius 2 is 1.82 bits per heavy atom. The van der Waals surface area contributed by atoms with Crippen LogP contribution < -0.4 is 9.64 Å². The molecule has 0 spiro atoms. The van der Waals surface area contributed by atoms with E-state index in [0.29, 0.717) is 38.6 Å². The number of unbranched alkanes of at least 4 members (excludes halogenated alkanes) is 1. The van der Waals surface area contributed by atoms with Crippen LogP contribution in [0, 0.1) is 0 Å². The average molecular weight is 593 g/mol. The van der Waals surface area contributed by atoms with Gasteiger partial charge in [-0.2, -0.15) is 0 Å². The van der Waals surface area contributed by atoms with Gasteiger partial charge in [0.15, 0.2) is 4.34 Å². The lowest BCUT2D eigenvalue weighted by molar-refractivity contribution is -0.132. The summed E-state index contributed by atoms with van der Waals surface area (Å²) in [7, 11) is 0. The van der Waals surface area contributed by atoms with Gasteiger partial charge in [-0.15, -0.1) is 10.2 Å². The summed E-state index contributed by atoms with van der Waals surface area (Å²) >= 11 is 8.92. The first-order valence-corrected chi connectivity index (χ1v) is 14.8. The molecule has 2 aromatic heterocycles. The smallest absolute Gasteiger partial charge is 0.301 e. The number of carbonyl (C=O) groups excluding carboxylic acids is 2. The molecule has 1 unspecified atom stereocenters. The number of aromatic nitrogens is 3. The predicted octanol–water partition coefficient (Wildman–Crippen LogP) is 6.68. The fraction of sp³-hybridized carbons (Fsp3) is 0.207. The van der Waals surface area contributed by atoms with Crippen LogP contribution in [0.5, 0.6) is 5.75 Å². The lowest BCUT2D eigenvalue weighted by Crippen LogP contribution is -2.29. The Morgan fingerprint density at radius 3 is 2.55 bits per heavy atom. The minimum Gasteiger partial charge on any atom is -0.507 e. The van der Waals surface area contributed by atoms with E-state index in [4.69, 9.17) is 16.3 Å². The number of thioether (sulfide) groups is 1. The highest BCUT2D eigenvalue weighted by Crippen LogP contribution is 2.44. The number of halogens is 1. The third-order valence-corrected chi connectivity index (χ3v) is 8.74. The second-order valence-electron chi connectivity index (χ2n) is 8.91. The first-order chi connectivity index (χ1) is 19.5. The second-order valence-corrected chi connectivity index (χ2v) is 11.5. The van der Waals surface area contributed by atoms with Crippen molar-refractivity contribution in [2.24, 2.45) is 0 Å². The number of rotatable bonds is 10. The van der Waals surface area contributed by atoms with Crippen molar-refractivity contribution in [1.29, 1.82) is 0 Å². The number of aliphatic hydroxyl groups excluding tert-OH is 1. The highest BCUT2D eigenvalue weighted by molar-refractivity contribution is 8.00. The zero-order chi connectivity index (χ0) is 28.1. The lowest BCUT2D eigenvalue weighted by atomic mass is 9.95. The molecular weight excluding hydrogens is 568 g/mol. The van der Waals surface area contributed by atoms with Gasteiger partial charge >= 0.3 is 5.91 Å². The number of ketones is 1. The molecule has 1 aliphatic rings. The van der Waals surface area contributed by atoms with Crippen molar-refractivity contribution in [2.75, 3.05) is 11.5 Å². The Balaban J connectivity index is 1.50. The Bertz CT molecular complexity index is 1540. The third-order valence-electron chi connectivity index (χ3n) is 6.27. The summed E-state index contributed by atoms with van der Waals surface area (Å²) in [5, 5.41) is 20.6. The second kappa shape index (κ2) is 12.6. The Labute approximate surface area is 244 Å². The number of ether oxygens (including phenoxy) is 1. The van der Waals surface area contributed by atoms with Crippen molar-refractivity contribution in [3.05, 3.63) is 100 Å². The normalized spacial score (nSPS) is 16.4. The van der Waals surface area contributed by atoms with Crippen LogP contribution in [0.25, 0.3) is 5.76 Å². The van der Waals surface area contributed by atoms with E-state index in [1.807, 2.05) is 24.3 Å². The van der Waals surface area contributed by atoms with Crippen molar-refractivity contribution >= 4 is 57.3 Å². The standard InChI is InChI=1S/C29H25ClN4O4S2/c1-2-3-16-38-21-10-8-18(9-11-21)24-23(25(35)19-12-14-31-15-13-19)26(36)27(37)34(24)28-32-33-29(40-28)39-17-20-6-4-5-7-22(20)30/h4-15,24,35H,2-3,16-17H2,1H3. The molecule has 0 radical (unpaired) electrons. The molecule has 3 heterocycles. The van der Waals surface area contributed by atoms with Gasteiger partial charge in [0, 0.05) is 28.7 Å². The average Bonchev–Trinajstić information content (AvgIpc) is 3.55. The van der Waals surface area contributed by atoms with Gasteiger partial charge in [-0.05, 0) is 47.9 Å². The molecular formula is C29H25ClN4O4S2. The van der Waals surface area contributed by atoms with Crippen LogP contribution in [0.2, 0.25) is 5.02 Å². The van der Waals surface area contributed by atoms with Crippen LogP contribution in [0.15, 0.2) is 83.0 Å². The number of nitrogens with zero attached hydrogens (tertiary/aromatic N) is 4. The van der Waals surface area contributed by atoms with Gasteiger partial charge in [-0.3, -0.25) is 19.5 Å². The molecule has 8 nitrogen and oxygen atoms in total. The number of anilines is 1. The molecule has 11 heteroatoms. The van der Waals surface area contributed by atoms with E-state index in [1.54, 1.807) is 36.4 Å². The Kier molecular flexibility index (Phi) is 8.78. The molecule has 1 saturated heterocycles. The summed E-state index contributed by atoms with van der Waals surface area (Å²) in [5.41, 5.74) is 1.92. The van der Waals surface area contributed by atoms with Gasteiger partial charge in [-0.1, -0.05) is 78.4 Å². The van der Waals surface area contributed by atoms with Crippen molar-refractivity contribution < 1.29 is 19.4 Å². The summed E-state index contributed by atoms with van der Waals surface area (Å²) in [5.74, 6) is -0.629. The maximum absolute atomic E-state index is 13.4. The van der Waals surface area contributed by atoms with Gasteiger partial charge in [0.1, 0.15) is 11.5 Å². The summed E-state index contributed by atoms with van der Waals surface area (Å²) in [6.07, 6.45) is 4.97. The predicted molar refractivity (Wildman–Crippen MR) is 157 cm³/mol. The van der Waals surface area contributed by atoms with E-state index >= 15 is 0 Å². The topological polar surface area (TPSA) is 106 Å². The Hall–Kier alpha value is -3.73. The summed E-state index contributed by atoms with van der Waals surface area (Å²) in [4.78, 5) is 32.1. The molecule has 204 valence electrons. The maximum atomic E-state index is 13.4. The third kappa shape index (κ3) is 5.89. The number of pyridine rings is 1. The molecule has 0 saturated carbocycles. The van der Waals surface area contributed by atoms with E-state index in [9.17, 15) is 14.7 Å².